The Kier molecular flexibility index (Phi) is 2.95. The molecule has 84 valence electrons. The zero-order chi connectivity index (χ0) is 10.8. The molecule has 0 saturated heterocycles. The lowest BCUT2D eigenvalue weighted by molar-refractivity contribution is 0.424. The molecule has 0 amide bonds. The van der Waals surface area contributed by atoms with Crippen molar-refractivity contribution in [2.24, 2.45) is 0 Å². The van der Waals surface area contributed by atoms with Crippen molar-refractivity contribution in [3.05, 3.63) is 11.9 Å². The van der Waals surface area contributed by atoms with E-state index in [0.29, 0.717) is 6.04 Å². The van der Waals surface area contributed by atoms with Crippen molar-refractivity contribution in [3.63, 3.8) is 0 Å². The second-order valence-electron chi connectivity index (χ2n) is 4.57. The lowest BCUT2D eigenvalue weighted by Crippen LogP contribution is -2.22. The number of nitrogens with one attached hydrogen (secondary N) is 1. The summed E-state index contributed by atoms with van der Waals surface area (Å²) in [7, 11) is 4.17. The number of hydrogen-bond acceptors (Lipinski definition) is 3. The third kappa shape index (κ3) is 2.72. The first-order chi connectivity index (χ1) is 7.16. The van der Waals surface area contributed by atoms with Crippen LogP contribution in [0.2, 0.25) is 0 Å². The van der Waals surface area contributed by atoms with E-state index in [-0.39, 0.29) is 0 Å². The average Bonchev–Trinajstić information content (AvgIpc) is 2.91. The van der Waals surface area contributed by atoms with Crippen LogP contribution in [0.1, 0.15) is 24.6 Å². The van der Waals surface area contributed by atoms with Crippen molar-refractivity contribution >= 4 is 5.95 Å². The molecule has 1 aliphatic carbocycles. The molecule has 4 nitrogen and oxygen atoms in total. The van der Waals surface area contributed by atoms with E-state index in [4.69, 9.17) is 0 Å². The summed E-state index contributed by atoms with van der Waals surface area (Å²) in [6.07, 6.45) is 4.76. The number of aryl methyl sites for hydroxylation is 1. The first-order valence-corrected chi connectivity index (χ1v) is 5.61. The van der Waals surface area contributed by atoms with Gasteiger partial charge < -0.3 is 14.8 Å². The molecule has 0 radical (unpaired) electrons. The smallest absolute Gasteiger partial charge is 0.203 e. The minimum Gasteiger partial charge on any atom is -0.354 e. The topological polar surface area (TPSA) is 33.1 Å². The highest BCUT2D eigenvalue weighted by Gasteiger charge is 2.25. The first kappa shape index (κ1) is 10.5. The maximum absolute atomic E-state index is 4.50. The molecule has 0 aliphatic heterocycles. The lowest BCUT2D eigenvalue weighted by atomic mass is 10.5. The van der Waals surface area contributed by atoms with Gasteiger partial charge in [0.1, 0.15) is 0 Å². The van der Waals surface area contributed by atoms with Gasteiger partial charge in [0.05, 0.1) is 5.69 Å². The zero-order valence-corrected chi connectivity index (χ0v) is 9.82. The van der Waals surface area contributed by atoms with Gasteiger partial charge in [-0.3, -0.25) is 0 Å². The molecule has 1 aromatic heterocycles. The normalized spacial score (nSPS) is 16.0. The number of likely N-dealkylation sites (N-methyl/N-ethyl adjacent to an activating group) is 1. The molecule has 0 aromatic carbocycles. The fraction of sp³-hybridized carbons (Fsp3) is 0.727. The average molecular weight is 208 g/mol. The minimum absolute atomic E-state index is 0.702. The standard InChI is InChI=1S/C11H20N4/c1-9-8-15(10-4-5-10)11(13-9)12-6-7-14(2)3/h8,10H,4-7H2,1-3H3,(H,12,13). The first-order valence-electron chi connectivity index (χ1n) is 5.61. The van der Waals surface area contributed by atoms with Gasteiger partial charge in [0.2, 0.25) is 5.95 Å². The van der Waals surface area contributed by atoms with Crippen LogP contribution in [0.15, 0.2) is 6.20 Å². The molecule has 0 unspecified atom stereocenters. The Morgan fingerprint density at radius 2 is 2.27 bits per heavy atom. The van der Waals surface area contributed by atoms with Crippen molar-refractivity contribution in [2.45, 2.75) is 25.8 Å². The number of rotatable bonds is 5. The van der Waals surface area contributed by atoms with Gasteiger partial charge in [0.25, 0.3) is 0 Å². The van der Waals surface area contributed by atoms with E-state index >= 15 is 0 Å². The van der Waals surface area contributed by atoms with Gasteiger partial charge in [0.15, 0.2) is 0 Å². The quantitative estimate of drug-likeness (QED) is 0.796. The van der Waals surface area contributed by atoms with Crippen LogP contribution in [-0.4, -0.2) is 41.6 Å². The van der Waals surface area contributed by atoms with Gasteiger partial charge >= 0.3 is 0 Å². The Morgan fingerprint density at radius 1 is 1.53 bits per heavy atom. The van der Waals surface area contributed by atoms with E-state index in [1.54, 1.807) is 0 Å². The van der Waals surface area contributed by atoms with Crippen LogP contribution in [0, 0.1) is 6.92 Å². The van der Waals surface area contributed by atoms with Crippen molar-refractivity contribution in [3.8, 4) is 0 Å². The molecule has 15 heavy (non-hydrogen) atoms. The molecule has 0 bridgehead atoms. The van der Waals surface area contributed by atoms with Crippen LogP contribution >= 0.6 is 0 Å². The van der Waals surface area contributed by atoms with Gasteiger partial charge in [0, 0.05) is 25.3 Å². The van der Waals surface area contributed by atoms with E-state index in [0.717, 1.165) is 24.7 Å². The molecule has 0 atom stereocenters. The fourth-order valence-electron chi connectivity index (χ4n) is 1.67. The molecule has 0 spiro atoms. The summed E-state index contributed by atoms with van der Waals surface area (Å²) < 4.78 is 2.28. The zero-order valence-electron chi connectivity index (χ0n) is 9.82. The highest BCUT2D eigenvalue weighted by atomic mass is 15.2. The lowest BCUT2D eigenvalue weighted by Gasteiger charge is -2.12. The van der Waals surface area contributed by atoms with Gasteiger partial charge in [-0.15, -0.1) is 0 Å². The maximum atomic E-state index is 4.50. The summed E-state index contributed by atoms with van der Waals surface area (Å²) in [5.41, 5.74) is 1.11. The number of nitrogens with zero attached hydrogens (tertiary/aromatic N) is 3. The van der Waals surface area contributed by atoms with Crippen molar-refractivity contribution in [1.29, 1.82) is 0 Å². The van der Waals surface area contributed by atoms with E-state index in [1.165, 1.54) is 12.8 Å². The van der Waals surface area contributed by atoms with Crippen molar-refractivity contribution < 1.29 is 0 Å². The number of aromatic nitrogens is 2. The summed E-state index contributed by atoms with van der Waals surface area (Å²) in [4.78, 5) is 6.67. The van der Waals surface area contributed by atoms with Crippen molar-refractivity contribution in [1.82, 2.24) is 14.5 Å². The maximum Gasteiger partial charge on any atom is 0.203 e. The number of hydrogen-bond donors (Lipinski definition) is 1. The third-order valence-corrected chi connectivity index (χ3v) is 2.64. The monoisotopic (exact) mass is 208 g/mol. The Labute approximate surface area is 91.3 Å². The van der Waals surface area contributed by atoms with Crippen LogP contribution in [0.3, 0.4) is 0 Å². The molecular formula is C11H20N4. The Bertz CT molecular complexity index is 325. The minimum atomic E-state index is 0.702. The van der Waals surface area contributed by atoms with Gasteiger partial charge in [-0.25, -0.2) is 4.98 Å². The molecule has 1 N–H and O–H groups in total. The highest BCUT2D eigenvalue weighted by molar-refractivity contribution is 5.30. The predicted molar refractivity (Wildman–Crippen MR) is 62.3 cm³/mol. The van der Waals surface area contributed by atoms with E-state index in [9.17, 15) is 0 Å². The van der Waals surface area contributed by atoms with Crippen molar-refractivity contribution in [2.75, 3.05) is 32.5 Å². The fourth-order valence-corrected chi connectivity index (χ4v) is 1.67. The molecule has 1 saturated carbocycles. The molecule has 1 heterocycles. The molecule has 1 aromatic rings. The van der Waals surface area contributed by atoms with E-state index in [1.807, 2.05) is 0 Å². The summed E-state index contributed by atoms with van der Waals surface area (Å²) in [5.74, 6) is 1.04. The second kappa shape index (κ2) is 4.23. The second-order valence-corrected chi connectivity index (χ2v) is 4.57. The van der Waals surface area contributed by atoms with Crippen LogP contribution in [0.4, 0.5) is 5.95 Å². The molecule has 1 aliphatic rings. The van der Waals surface area contributed by atoms with Crippen LogP contribution in [0.25, 0.3) is 0 Å². The molecular weight excluding hydrogens is 188 g/mol. The molecule has 2 rings (SSSR count). The van der Waals surface area contributed by atoms with Crippen LogP contribution in [0.5, 0.6) is 0 Å². The predicted octanol–water partition coefficient (Wildman–Crippen LogP) is 1.50. The third-order valence-electron chi connectivity index (χ3n) is 2.64. The number of anilines is 1. The van der Waals surface area contributed by atoms with Crippen LogP contribution < -0.4 is 5.32 Å². The van der Waals surface area contributed by atoms with E-state index < -0.39 is 0 Å². The number of imidazole rings is 1. The molecule has 1 fully saturated rings. The Hall–Kier alpha value is -1.03. The highest BCUT2D eigenvalue weighted by Crippen LogP contribution is 2.37. The Morgan fingerprint density at radius 3 is 2.87 bits per heavy atom. The summed E-state index contributed by atoms with van der Waals surface area (Å²) >= 11 is 0. The van der Waals surface area contributed by atoms with Gasteiger partial charge in [-0.1, -0.05) is 0 Å². The Balaban J connectivity index is 1.94. The largest absolute Gasteiger partial charge is 0.354 e. The van der Waals surface area contributed by atoms with Crippen LogP contribution in [-0.2, 0) is 0 Å². The van der Waals surface area contributed by atoms with Gasteiger partial charge in [-0.2, -0.15) is 0 Å². The SMILES string of the molecule is Cc1cn(C2CC2)c(NCCN(C)C)n1. The summed E-state index contributed by atoms with van der Waals surface area (Å²) in [6.45, 7) is 4.04. The summed E-state index contributed by atoms with van der Waals surface area (Å²) in [5, 5.41) is 3.40. The summed E-state index contributed by atoms with van der Waals surface area (Å²) in [6, 6.07) is 0.702. The van der Waals surface area contributed by atoms with E-state index in [2.05, 4.69) is 47.0 Å². The van der Waals surface area contributed by atoms with Gasteiger partial charge in [-0.05, 0) is 33.9 Å². The molecule has 4 heteroatoms.